The first-order chi connectivity index (χ1) is 12.8. The molecule has 0 radical (unpaired) electrons. The van der Waals surface area contributed by atoms with Gasteiger partial charge in [0.15, 0.2) is 11.5 Å². The van der Waals surface area contributed by atoms with E-state index in [1.165, 1.54) is 25.1 Å². The van der Waals surface area contributed by atoms with Crippen LogP contribution in [0.25, 0.3) is 0 Å². The maximum Gasteiger partial charge on any atom is 0.273 e. The molecule has 0 saturated heterocycles. The van der Waals surface area contributed by atoms with Gasteiger partial charge in [-0.15, -0.1) is 0 Å². The molecule has 3 rings (SSSR count). The van der Waals surface area contributed by atoms with Crippen molar-refractivity contribution < 1.29 is 22.8 Å². The summed E-state index contributed by atoms with van der Waals surface area (Å²) >= 11 is 6.17. The highest BCUT2D eigenvalue weighted by Gasteiger charge is 2.23. The number of nitrogens with zero attached hydrogens (tertiary/aromatic N) is 1. The summed E-state index contributed by atoms with van der Waals surface area (Å²) in [6.07, 6.45) is 0.365. The highest BCUT2D eigenvalue weighted by molar-refractivity contribution is 7.89. The molecule has 10 heteroatoms. The minimum atomic E-state index is -3.89. The first kappa shape index (κ1) is 19.4. The van der Waals surface area contributed by atoms with E-state index in [9.17, 15) is 18.5 Å². The molecule has 1 N–H and O–H groups in total. The third kappa shape index (κ3) is 4.15. The van der Waals surface area contributed by atoms with E-state index in [1.54, 1.807) is 12.1 Å². The molecule has 8 nitrogen and oxygen atoms in total. The van der Waals surface area contributed by atoms with E-state index in [2.05, 4.69) is 4.72 Å². The molecule has 2 aromatic carbocycles. The minimum absolute atomic E-state index is 0.0948. The maximum absolute atomic E-state index is 12.5. The molecule has 1 aliphatic heterocycles. The number of halogens is 1. The number of sulfonamides is 1. The Morgan fingerprint density at radius 2 is 2.00 bits per heavy atom. The van der Waals surface area contributed by atoms with Crippen LogP contribution in [0.3, 0.4) is 0 Å². The maximum atomic E-state index is 12.5. The zero-order valence-corrected chi connectivity index (χ0v) is 16.0. The van der Waals surface area contributed by atoms with Crippen LogP contribution in [0.15, 0.2) is 35.2 Å². The van der Waals surface area contributed by atoms with Crippen molar-refractivity contribution in [3.63, 3.8) is 0 Å². The largest absolute Gasteiger partial charge is 0.486 e. The summed E-state index contributed by atoms with van der Waals surface area (Å²) in [7, 11) is -3.89. The van der Waals surface area contributed by atoms with Crippen LogP contribution in [0, 0.1) is 17.0 Å². The number of hydrogen-bond acceptors (Lipinski definition) is 6. The molecule has 0 bridgehead atoms. The Morgan fingerprint density at radius 1 is 1.26 bits per heavy atom. The van der Waals surface area contributed by atoms with E-state index in [0.717, 1.165) is 5.56 Å². The Labute approximate surface area is 161 Å². The van der Waals surface area contributed by atoms with Crippen LogP contribution in [-0.2, 0) is 16.4 Å². The van der Waals surface area contributed by atoms with Gasteiger partial charge in [-0.05, 0) is 37.1 Å². The Balaban J connectivity index is 1.73. The Hall–Kier alpha value is -2.36. The number of nitrogens with one attached hydrogen (secondary N) is 1. The van der Waals surface area contributed by atoms with E-state index in [1.807, 2.05) is 0 Å². The van der Waals surface area contributed by atoms with Gasteiger partial charge in [-0.3, -0.25) is 10.1 Å². The topological polar surface area (TPSA) is 108 Å². The van der Waals surface area contributed by atoms with Gasteiger partial charge in [0.25, 0.3) is 5.69 Å². The molecule has 0 amide bonds. The lowest BCUT2D eigenvalue weighted by Gasteiger charge is -2.20. The predicted octanol–water partition coefficient (Wildman–Crippen LogP) is 2.85. The van der Waals surface area contributed by atoms with Gasteiger partial charge in [0.05, 0.1) is 14.8 Å². The molecule has 144 valence electrons. The molecule has 0 aliphatic carbocycles. The molecule has 27 heavy (non-hydrogen) atoms. The normalized spacial score (nSPS) is 13.4. The molecule has 1 aliphatic rings. The van der Waals surface area contributed by atoms with Crippen LogP contribution < -0.4 is 14.2 Å². The summed E-state index contributed by atoms with van der Waals surface area (Å²) in [5.74, 6) is 1.01. The van der Waals surface area contributed by atoms with Gasteiger partial charge in [0.1, 0.15) is 13.2 Å². The number of ether oxygens (including phenoxy) is 2. The van der Waals surface area contributed by atoms with Crippen LogP contribution in [0.1, 0.15) is 11.1 Å². The van der Waals surface area contributed by atoms with E-state index in [0.29, 0.717) is 36.2 Å². The van der Waals surface area contributed by atoms with E-state index in [-0.39, 0.29) is 22.7 Å². The molecule has 0 spiro atoms. The number of benzene rings is 2. The molecule has 0 saturated carbocycles. The lowest BCUT2D eigenvalue weighted by molar-refractivity contribution is -0.385. The van der Waals surface area contributed by atoms with Gasteiger partial charge in [-0.1, -0.05) is 17.7 Å². The average Bonchev–Trinajstić information content (AvgIpc) is 2.61. The summed E-state index contributed by atoms with van der Waals surface area (Å²) in [6.45, 7) is 2.35. The quantitative estimate of drug-likeness (QED) is 0.577. The summed E-state index contributed by atoms with van der Waals surface area (Å²) in [5.41, 5.74) is 0.636. The molecule has 0 fully saturated rings. The third-order valence-corrected chi connectivity index (χ3v) is 5.99. The van der Waals surface area contributed by atoms with Gasteiger partial charge in [-0.25, -0.2) is 13.1 Å². The van der Waals surface area contributed by atoms with Gasteiger partial charge >= 0.3 is 0 Å². The highest BCUT2D eigenvalue weighted by Crippen LogP contribution is 2.38. The zero-order chi connectivity index (χ0) is 19.6. The second-order valence-electron chi connectivity index (χ2n) is 5.91. The zero-order valence-electron chi connectivity index (χ0n) is 14.4. The van der Waals surface area contributed by atoms with E-state index >= 15 is 0 Å². The molecule has 0 aromatic heterocycles. The van der Waals surface area contributed by atoms with Crippen LogP contribution in [-0.4, -0.2) is 33.1 Å². The third-order valence-electron chi connectivity index (χ3n) is 4.10. The molecule has 0 atom stereocenters. The van der Waals surface area contributed by atoms with Gasteiger partial charge < -0.3 is 9.47 Å². The van der Waals surface area contributed by atoms with Crippen LogP contribution in [0.2, 0.25) is 5.02 Å². The van der Waals surface area contributed by atoms with Crippen molar-refractivity contribution in [2.24, 2.45) is 0 Å². The Kier molecular flexibility index (Phi) is 5.54. The lowest BCUT2D eigenvalue weighted by Crippen LogP contribution is -2.27. The second-order valence-corrected chi connectivity index (χ2v) is 8.05. The molecule has 1 heterocycles. The van der Waals surface area contributed by atoms with Crippen LogP contribution in [0.4, 0.5) is 5.69 Å². The van der Waals surface area contributed by atoms with Crippen molar-refractivity contribution in [2.75, 3.05) is 19.8 Å². The number of hydrogen-bond donors (Lipinski definition) is 1. The number of nitro groups is 1. The summed E-state index contributed by atoms with van der Waals surface area (Å²) < 4.78 is 38.4. The van der Waals surface area contributed by atoms with E-state index < -0.39 is 14.9 Å². The first-order valence-electron chi connectivity index (χ1n) is 8.11. The number of nitro benzene ring substituents is 1. The van der Waals surface area contributed by atoms with E-state index in [4.69, 9.17) is 21.1 Å². The van der Waals surface area contributed by atoms with Crippen molar-refractivity contribution in [3.8, 4) is 11.5 Å². The minimum Gasteiger partial charge on any atom is -0.486 e. The Morgan fingerprint density at radius 3 is 2.74 bits per heavy atom. The molecular weight excluding hydrogens is 396 g/mol. The summed E-state index contributed by atoms with van der Waals surface area (Å²) in [5, 5.41) is 11.4. The smallest absolute Gasteiger partial charge is 0.273 e. The van der Waals surface area contributed by atoms with Gasteiger partial charge in [0, 0.05) is 18.2 Å². The lowest BCUT2D eigenvalue weighted by atomic mass is 10.1. The number of rotatable bonds is 6. The molecule has 0 unspecified atom stereocenters. The van der Waals surface area contributed by atoms with Crippen molar-refractivity contribution >= 4 is 27.3 Å². The fourth-order valence-electron chi connectivity index (χ4n) is 2.81. The van der Waals surface area contributed by atoms with Crippen molar-refractivity contribution in [2.45, 2.75) is 18.2 Å². The Bertz CT molecular complexity index is 993. The molecular formula is C17H17ClN2O6S. The second kappa shape index (κ2) is 7.71. The van der Waals surface area contributed by atoms with Gasteiger partial charge in [-0.2, -0.15) is 0 Å². The summed E-state index contributed by atoms with van der Waals surface area (Å²) in [4.78, 5) is 10.3. The van der Waals surface area contributed by atoms with Crippen LogP contribution in [0.5, 0.6) is 11.5 Å². The molecule has 2 aromatic rings. The summed E-state index contributed by atoms with van der Waals surface area (Å²) in [6, 6.07) is 7.41. The standard InChI is InChI=1S/C17H17ClN2O6S/c1-11-14(20(21)22)3-2-4-16(11)27(23,24)19-6-5-12-9-13(18)17-15(10-12)25-7-8-26-17/h2-4,9-10,19H,5-8H2,1H3. The average molecular weight is 413 g/mol. The number of fused-ring (bicyclic) bond motifs is 1. The monoisotopic (exact) mass is 412 g/mol. The van der Waals surface area contributed by atoms with Crippen molar-refractivity contribution in [3.05, 3.63) is 56.6 Å². The van der Waals surface area contributed by atoms with Crippen molar-refractivity contribution in [1.29, 1.82) is 0 Å². The fraction of sp³-hybridized carbons (Fsp3) is 0.294. The first-order valence-corrected chi connectivity index (χ1v) is 9.97. The van der Waals surface area contributed by atoms with Crippen molar-refractivity contribution in [1.82, 2.24) is 4.72 Å². The predicted molar refractivity (Wildman–Crippen MR) is 99.2 cm³/mol. The fourth-order valence-corrected chi connectivity index (χ4v) is 4.39. The van der Waals surface area contributed by atoms with Gasteiger partial charge in [0.2, 0.25) is 10.0 Å². The highest BCUT2D eigenvalue weighted by atomic mass is 35.5. The SMILES string of the molecule is Cc1c([N+](=O)[O-])cccc1S(=O)(=O)NCCc1cc(Cl)c2c(c1)OCCO2. The van der Waals surface area contributed by atoms with Crippen LogP contribution >= 0.6 is 11.6 Å².